The monoisotopic (exact) mass is 229 g/mol. The summed E-state index contributed by atoms with van der Waals surface area (Å²) in [5, 5.41) is 5.68. The number of ether oxygens (including phenoxy) is 1. The van der Waals surface area contributed by atoms with Crippen LogP contribution in [0, 0.1) is 0 Å². The van der Waals surface area contributed by atoms with Crippen molar-refractivity contribution in [2.75, 3.05) is 14.1 Å². The molecule has 0 spiro atoms. The van der Waals surface area contributed by atoms with E-state index in [0.717, 1.165) is 0 Å². The van der Waals surface area contributed by atoms with E-state index in [1.165, 1.54) is 0 Å². The number of hydrogen-bond donors (Lipinski definition) is 3. The third-order valence-corrected chi connectivity index (χ3v) is 2.02. The summed E-state index contributed by atoms with van der Waals surface area (Å²) >= 11 is 0. The Morgan fingerprint density at radius 1 is 1.69 bits per heavy atom. The first-order valence-electron chi connectivity index (χ1n) is 5.18. The van der Waals surface area contributed by atoms with Crippen LogP contribution in [0.2, 0.25) is 0 Å². The largest absolute Gasteiger partial charge is 0.411 e. The van der Waals surface area contributed by atoms with Gasteiger partial charge in [0.25, 0.3) is 0 Å². The van der Waals surface area contributed by atoms with Gasteiger partial charge in [-0.05, 0) is 6.92 Å². The second-order valence-corrected chi connectivity index (χ2v) is 3.86. The first-order chi connectivity index (χ1) is 7.36. The second-order valence-electron chi connectivity index (χ2n) is 3.86. The van der Waals surface area contributed by atoms with Gasteiger partial charge in [-0.2, -0.15) is 0 Å². The molecule has 0 amide bonds. The lowest BCUT2D eigenvalue weighted by Gasteiger charge is -2.38. The Balaban J connectivity index is 2.77. The van der Waals surface area contributed by atoms with Gasteiger partial charge < -0.3 is 9.64 Å². The van der Waals surface area contributed by atoms with E-state index in [0.29, 0.717) is 5.96 Å². The van der Waals surface area contributed by atoms with Crippen molar-refractivity contribution < 1.29 is 9.53 Å². The molecule has 0 radical (unpaired) electrons. The number of esters is 1. The smallest absolute Gasteiger partial charge is 0.309 e. The van der Waals surface area contributed by atoms with Gasteiger partial charge in [0.2, 0.25) is 0 Å². The van der Waals surface area contributed by atoms with Crippen molar-refractivity contribution in [3.05, 3.63) is 0 Å². The van der Waals surface area contributed by atoms with Crippen LogP contribution in [0.5, 0.6) is 0 Å². The van der Waals surface area contributed by atoms with E-state index < -0.39 is 5.97 Å². The Morgan fingerprint density at radius 3 is 2.81 bits per heavy atom. The van der Waals surface area contributed by atoms with Gasteiger partial charge in [-0.3, -0.25) is 15.8 Å². The van der Waals surface area contributed by atoms with E-state index >= 15 is 0 Å². The molecule has 1 rings (SSSR count). The molecule has 0 bridgehead atoms. The van der Waals surface area contributed by atoms with E-state index in [9.17, 15) is 4.79 Å². The molecule has 4 N–H and O–H groups in total. The van der Waals surface area contributed by atoms with Crippen LogP contribution in [-0.4, -0.2) is 43.1 Å². The highest BCUT2D eigenvalue weighted by Gasteiger charge is 2.35. The topological polar surface area (TPSA) is 92.0 Å². The van der Waals surface area contributed by atoms with Crippen LogP contribution in [0.4, 0.5) is 0 Å². The summed E-state index contributed by atoms with van der Waals surface area (Å²) in [5.74, 6) is -1.21. The van der Waals surface area contributed by atoms with Gasteiger partial charge in [0, 0.05) is 20.5 Å². The summed E-state index contributed by atoms with van der Waals surface area (Å²) < 4.78 is 5.09. The molecule has 0 aromatic carbocycles. The lowest BCUT2D eigenvalue weighted by molar-refractivity contribution is -0.167. The molecule has 2 unspecified atom stereocenters. The molecule has 7 nitrogen and oxygen atoms in total. The zero-order valence-corrected chi connectivity index (χ0v) is 10.1. The minimum atomic E-state index is -1.39. The molecule has 0 aliphatic carbocycles. The highest BCUT2D eigenvalue weighted by atomic mass is 16.6. The number of guanidine groups is 1. The van der Waals surface area contributed by atoms with Gasteiger partial charge in [-0.15, -0.1) is 0 Å². The lowest BCUT2D eigenvalue weighted by atomic mass is 10.4. The number of nitrogens with two attached hydrogens (primary N) is 1. The summed E-state index contributed by atoms with van der Waals surface area (Å²) in [7, 11) is 3.65. The number of aliphatic imine (C=N–C) groups is 1. The number of hydrogen-bond acceptors (Lipinski definition) is 7. The predicted octanol–water partition coefficient (Wildman–Crippen LogP) is -1.03. The molecular weight excluding hydrogens is 210 g/mol. The third-order valence-electron chi connectivity index (χ3n) is 2.02. The summed E-state index contributed by atoms with van der Waals surface area (Å²) in [5.41, 5.74) is 5.88. The van der Waals surface area contributed by atoms with Crippen LogP contribution in [0.25, 0.3) is 0 Å². The quantitative estimate of drug-likeness (QED) is 0.414. The third kappa shape index (κ3) is 3.07. The molecular formula is C9H19N5O2. The zero-order valence-electron chi connectivity index (χ0n) is 10.1. The SMILES string of the molecule is CCC(=O)OC1(N)NC(N(C)C)=NC(C)N1. The minimum Gasteiger partial charge on any atom is -0.411 e. The van der Waals surface area contributed by atoms with Crippen molar-refractivity contribution >= 4 is 11.9 Å². The molecule has 0 aromatic rings. The molecule has 1 aliphatic heterocycles. The van der Waals surface area contributed by atoms with E-state index in [1.807, 2.05) is 21.0 Å². The molecule has 1 heterocycles. The predicted molar refractivity (Wildman–Crippen MR) is 60.2 cm³/mol. The Kier molecular flexibility index (Phi) is 3.71. The van der Waals surface area contributed by atoms with Crippen LogP contribution >= 0.6 is 0 Å². The molecule has 1 aliphatic rings. The number of rotatable bonds is 2. The fraction of sp³-hybridized carbons (Fsp3) is 0.778. The van der Waals surface area contributed by atoms with Crippen LogP contribution < -0.4 is 16.4 Å². The highest BCUT2D eigenvalue weighted by molar-refractivity contribution is 5.81. The van der Waals surface area contributed by atoms with E-state index in [4.69, 9.17) is 10.5 Å². The van der Waals surface area contributed by atoms with Crippen LogP contribution in [0.15, 0.2) is 4.99 Å². The molecule has 0 saturated heterocycles. The van der Waals surface area contributed by atoms with Crippen molar-refractivity contribution in [2.45, 2.75) is 32.4 Å². The molecule has 2 atom stereocenters. The second kappa shape index (κ2) is 4.67. The van der Waals surface area contributed by atoms with Gasteiger partial charge in [0.05, 0.1) is 0 Å². The normalized spacial score (nSPS) is 29.1. The van der Waals surface area contributed by atoms with Gasteiger partial charge in [0.15, 0.2) is 5.96 Å². The Labute approximate surface area is 95.0 Å². The van der Waals surface area contributed by atoms with Crippen LogP contribution in [-0.2, 0) is 9.53 Å². The number of nitrogens with one attached hydrogen (secondary N) is 2. The van der Waals surface area contributed by atoms with Gasteiger partial charge in [-0.25, -0.2) is 10.3 Å². The summed E-state index contributed by atoms with van der Waals surface area (Å²) in [6.07, 6.45) is 0.0406. The Hall–Kier alpha value is -1.34. The maximum absolute atomic E-state index is 11.2. The van der Waals surface area contributed by atoms with Crippen molar-refractivity contribution in [3.8, 4) is 0 Å². The van der Waals surface area contributed by atoms with Crippen molar-refractivity contribution in [2.24, 2.45) is 10.7 Å². The minimum absolute atomic E-state index is 0.228. The van der Waals surface area contributed by atoms with E-state index in [2.05, 4.69) is 15.6 Å². The van der Waals surface area contributed by atoms with Gasteiger partial charge in [-0.1, -0.05) is 6.92 Å². The lowest BCUT2D eigenvalue weighted by Crippen LogP contribution is -2.73. The van der Waals surface area contributed by atoms with Gasteiger partial charge >= 0.3 is 11.9 Å². The fourth-order valence-electron chi connectivity index (χ4n) is 1.29. The average Bonchev–Trinajstić information content (AvgIpc) is 2.15. The number of nitrogens with zero attached hydrogens (tertiary/aromatic N) is 2. The molecule has 0 aromatic heterocycles. The Morgan fingerprint density at radius 2 is 2.31 bits per heavy atom. The fourth-order valence-corrected chi connectivity index (χ4v) is 1.29. The first kappa shape index (κ1) is 12.7. The molecule has 92 valence electrons. The molecule has 7 heteroatoms. The zero-order chi connectivity index (χ0) is 12.3. The van der Waals surface area contributed by atoms with Crippen molar-refractivity contribution in [3.63, 3.8) is 0 Å². The van der Waals surface area contributed by atoms with Crippen LogP contribution in [0.1, 0.15) is 20.3 Å². The van der Waals surface area contributed by atoms with Gasteiger partial charge in [0.1, 0.15) is 6.17 Å². The molecule has 0 saturated carbocycles. The number of carbonyl (C=O) groups is 1. The first-order valence-corrected chi connectivity index (χ1v) is 5.18. The van der Waals surface area contributed by atoms with E-state index in [-0.39, 0.29) is 18.6 Å². The summed E-state index contributed by atoms with van der Waals surface area (Å²) in [4.78, 5) is 17.3. The van der Waals surface area contributed by atoms with Crippen molar-refractivity contribution in [1.82, 2.24) is 15.5 Å². The van der Waals surface area contributed by atoms with E-state index in [1.54, 1.807) is 11.8 Å². The standard InChI is InChI=1S/C9H19N5O2/c1-5-7(15)16-9(10)12-6(2)11-8(13-9)14(3)4/h6,12H,5,10H2,1-4H3,(H,11,13). The van der Waals surface area contributed by atoms with Crippen LogP contribution in [0.3, 0.4) is 0 Å². The summed E-state index contributed by atoms with van der Waals surface area (Å²) in [6.45, 7) is 3.53. The molecule has 16 heavy (non-hydrogen) atoms. The summed E-state index contributed by atoms with van der Waals surface area (Å²) in [6, 6.07) is 0. The number of carbonyl (C=O) groups excluding carboxylic acids is 1. The average molecular weight is 229 g/mol. The maximum Gasteiger partial charge on any atom is 0.309 e. The van der Waals surface area contributed by atoms with Crippen molar-refractivity contribution in [1.29, 1.82) is 0 Å². The maximum atomic E-state index is 11.2. The highest BCUT2D eigenvalue weighted by Crippen LogP contribution is 2.06. The molecule has 0 fully saturated rings. The Bertz CT molecular complexity index is 304.